The van der Waals surface area contributed by atoms with Crippen LogP contribution in [0.4, 0.5) is 11.5 Å². The number of nitrogens with one attached hydrogen (secondary N) is 4. The first-order valence-electron chi connectivity index (χ1n) is 15.3. The minimum absolute atomic E-state index is 0.0833. The van der Waals surface area contributed by atoms with Gasteiger partial charge < -0.3 is 31.1 Å². The van der Waals surface area contributed by atoms with Crippen LogP contribution in [0.1, 0.15) is 29.0 Å². The van der Waals surface area contributed by atoms with Crippen LogP contribution in [0.3, 0.4) is 0 Å². The lowest BCUT2D eigenvalue weighted by molar-refractivity contribution is -0.136. The molecule has 4 heterocycles. The van der Waals surface area contributed by atoms with E-state index in [9.17, 15) is 9.59 Å². The van der Waals surface area contributed by atoms with Crippen LogP contribution in [0.5, 0.6) is 5.88 Å². The summed E-state index contributed by atoms with van der Waals surface area (Å²) in [6, 6.07) is 15.5. The molecule has 1 fully saturated rings. The maximum atomic E-state index is 11.5. The lowest BCUT2D eigenvalue weighted by atomic mass is 9.94. The summed E-state index contributed by atoms with van der Waals surface area (Å²) < 4.78 is 6.58. The number of hydrogen-bond donors (Lipinski definition) is 5. The van der Waals surface area contributed by atoms with Crippen LogP contribution in [-0.4, -0.2) is 58.2 Å². The van der Waals surface area contributed by atoms with Gasteiger partial charge in [0, 0.05) is 55.0 Å². The highest BCUT2D eigenvalue weighted by Crippen LogP contribution is 2.41. The Balaban J connectivity index is 1.25. The lowest BCUT2D eigenvalue weighted by Crippen LogP contribution is -2.35. The van der Waals surface area contributed by atoms with E-state index in [0.717, 1.165) is 43.9 Å². The van der Waals surface area contributed by atoms with Crippen LogP contribution < -0.4 is 26.0 Å². The van der Waals surface area contributed by atoms with Crippen LogP contribution in [-0.2, 0) is 22.7 Å². The van der Waals surface area contributed by atoms with Crippen molar-refractivity contribution in [2.75, 3.05) is 25.5 Å². The van der Waals surface area contributed by atoms with E-state index in [1.807, 2.05) is 55.5 Å². The van der Waals surface area contributed by atoms with Gasteiger partial charge in [-0.2, -0.15) is 0 Å². The van der Waals surface area contributed by atoms with E-state index >= 15 is 0 Å². The Labute approximate surface area is 291 Å². The number of benzene rings is 2. The monoisotopic (exact) mass is 705 g/mol. The second kappa shape index (κ2) is 14.8. The third kappa shape index (κ3) is 7.38. The predicted molar refractivity (Wildman–Crippen MR) is 189 cm³/mol. The smallest absolute Gasteiger partial charge is 0.317 e. The van der Waals surface area contributed by atoms with Gasteiger partial charge >= 0.3 is 5.97 Å². The average Bonchev–Trinajstić information content (AvgIpc) is 3.68. The molecular weight excluding hydrogens is 673 g/mol. The second-order valence-electron chi connectivity index (χ2n) is 11.3. The summed E-state index contributed by atoms with van der Waals surface area (Å²) in [5.74, 6) is 0.170. The van der Waals surface area contributed by atoms with Crippen LogP contribution in [0.15, 0.2) is 54.7 Å². The molecule has 1 aliphatic rings. The second-order valence-corrected chi connectivity index (χ2v) is 13.2. The summed E-state index contributed by atoms with van der Waals surface area (Å²) in [4.78, 5) is 36.4. The molecule has 5 aromatic rings. The molecule has 1 saturated heterocycles. The third-order valence-corrected chi connectivity index (χ3v) is 9.75. The van der Waals surface area contributed by atoms with E-state index in [1.165, 1.54) is 11.3 Å². The first-order chi connectivity index (χ1) is 23.2. The Kier molecular flexibility index (Phi) is 10.4. The van der Waals surface area contributed by atoms with Gasteiger partial charge in [0.15, 0.2) is 5.82 Å². The molecule has 3 aromatic heterocycles. The van der Waals surface area contributed by atoms with Crippen molar-refractivity contribution >= 4 is 68.1 Å². The number of aromatic nitrogens is 3. The highest BCUT2D eigenvalue weighted by molar-refractivity contribution is 7.18. The molecular formula is C34H33Cl2N7O4S. The molecule has 11 nitrogen and oxygen atoms in total. The summed E-state index contributed by atoms with van der Waals surface area (Å²) in [7, 11) is 1.58. The van der Waals surface area contributed by atoms with Gasteiger partial charge in [-0.3, -0.25) is 9.59 Å². The van der Waals surface area contributed by atoms with Gasteiger partial charge in [0.2, 0.25) is 11.8 Å². The number of amides is 1. The number of fused-ring (bicyclic) bond motifs is 1. The van der Waals surface area contributed by atoms with E-state index in [2.05, 4.69) is 31.2 Å². The molecule has 0 saturated carbocycles. The summed E-state index contributed by atoms with van der Waals surface area (Å²) >= 11 is 15.4. The minimum Gasteiger partial charge on any atom is -0.481 e. The van der Waals surface area contributed by atoms with E-state index in [4.69, 9.17) is 38.0 Å². The fourth-order valence-electron chi connectivity index (χ4n) is 5.71. The molecule has 6 rings (SSSR count). The normalized spacial score (nSPS) is 14.3. The summed E-state index contributed by atoms with van der Waals surface area (Å²) in [5.41, 5.74) is 6.25. The van der Waals surface area contributed by atoms with Crippen molar-refractivity contribution in [3.05, 3.63) is 80.9 Å². The van der Waals surface area contributed by atoms with Gasteiger partial charge in [0.25, 0.3) is 0 Å². The fourth-order valence-corrected chi connectivity index (χ4v) is 7.19. The summed E-state index contributed by atoms with van der Waals surface area (Å²) in [6.07, 6.45) is 3.07. The highest BCUT2D eigenvalue weighted by atomic mass is 35.5. The third-order valence-electron chi connectivity index (χ3n) is 8.03. The molecule has 0 aliphatic carbocycles. The number of hydrogen-bond acceptors (Lipinski definition) is 10. The number of carbonyl (C=O) groups excluding carboxylic acids is 1. The maximum Gasteiger partial charge on any atom is 0.317 e. The van der Waals surface area contributed by atoms with Crippen molar-refractivity contribution in [1.82, 2.24) is 30.9 Å². The van der Waals surface area contributed by atoms with Crippen LogP contribution in [0, 0.1) is 6.92 Å². The number of thiazole rings is 1. The van der Waals surface area contributed by atoms with E-state index in [1.54, 1.807) is 13.3 Å². The van der Waals surface area contributed by atoms with E-state index < -0.39 is 5.97 Å². The number of carboxylic acids is 1. The van der Waals surface area contributed by atoms with Gasteiger partial charge in [-0.1, -0.05) is 53.5 Å². The topological polar surface area (TPSA) is 150 Å². The van der Waals surface area contributed by atoms with Crippen molar-refractivity contribution in [3.8, 4) is 28.3 Å². The number of methoxy groups -OCH3 is 1. The van der Waals surface area contributed by atoms with Gasteiger partial charge in [0.1, 0.15) is 10.5 Å². The molecule has 14 heteroatoms. The molecule has 1 amide bonds. The fraction of sp³-hybridized carbons (Fsp3) is 0.265. The Bertz CT molecular complexity index is 2000. The number of rotatable bonds is 13. The molecule has 2 aromatic carbocycles. The summed E-state index contributed by atoms with van der Waals surface area (Å²) in [5, 5.41) is 23.2. The van der Waals surface area contributed by atoms with Crippen molar-refractivity contribution in [2.24, 2.45) is 0 Å². The van der Waals surface area contributed by atoms with Crippen LogP contribution >= 0.6 is 34.5 Å². The molecule has 248 valence electrons. The molecule has 0 radical (unpaired) electrons. The molecule has 5 N–H and O–H groups in total. The average molecular weight is 707 g/mol. The molecule has 0 unspecified atom stereocenters. The van der Waals surface area contributed by atoms with Crippen LogP contribution in [0.2, 0.25) is 10.0 Å². The van der Waals surface area contributed by atoms with Gasteiger partial charge in [-0.05, 0) is 42.7 Å². The summed E-state index contributed by atoms with van der Waals surface area (Å²) in [6.45, 7) is 3.33. The zero-order chi connectivity index (χ0) is 33.8. The van der Waals surface area contributed by atoms with Crippen molar-refractivity contribution in [2.45, 2.75) is 38.9 Å². The van der Waals surface area contributed by atoms with Gasteiger partial charge in [-0.25, -0.2) is 15.0 Å². The Morgan fingerprint density at radius 1 is 1.08 bits per heavy atom. The Hall–Kier alpha value is -4.33. The number of carboxylic acid groups (broad SMARTS) is 1. The lowest BCUT2D eigenvalue weighted by Gasteiger charge is -2.17. The Morgan fingerprint density at radius 3 is 2.65 bits per heavy atom. The molecule has 1 atom stereocenters. The molecule has 0 bridgehead atoms. The number of anilines is 2. The quantitative estimate of drug-likeness (QED) is 0.0940. The number of nitrogens with zero attached hydrogens (tertiary/aromatic N) is 3. The number of pyridine rings is 2. The first kappa shape index (κ1) is 33.6. The Morgan fingerprint density at radius 2 is 1.88 bits per heavy atom. The van der Waals surface area contributed by atoms with Crippen molar-refractivity contribution in [3.63, 3.8) is 0 Å². The number of aliphatic carboxylic acids is 1. The first-order valence-corrected chi connectivity index (χ1v) is 16.9. The number of halogens is 2. The minimum atomic E-state index is -0.927. The number of ether oxygens (including phenoxy) is 1. The van der Waals surface area contributed by atoms with Gasteiger partial charge in [0.05, 0.1) is 39.8 Å². The maximum absolute atomic E-state index is 11.5. The zero-order valence-corrected chi connectivity index (χ0v) is 28.5. The molecule has 48 heavy (non-hydrogen) atoms. The molecule has 1 aliphatic heterocycles. The largest absolute Gasteiger partial charge is 0.481 e. The standard InChI is InChI=1S/C34H33Cl2N7O4S/c1-18-21(5-3-6-22(18)31-24(35)13-19(34(43-31)47-2)14-37-15-20-9-10-27(44)40-20)23-7-4-8-25(30(23)36)41-33-32-26(11-12-39-33)48-28(42-32)16-38-17-29(45)46/h3-8,11-13,20,37-38H,9-10,14-17H2,1-2H3,(H,39,41)(H,40,44)(H,45,46)/t20-/m0/s1. The highest BCUT2D eigenvalue weighted by Gasteiger charge is 2.22. The number of carbonyl (C=O) groups is 2. The van der Waals surface area contributed by atoms with E-state index in [0.29, 0.717) is 64.7 Å². The van der Waals surface area contributed by atoms with Gasteiger partial charge in [-0.15, -0.1) is 11.3 Å². The zero-order valence-electron chi connectivity index (χ0n) is 26.2. The SMILES string of the molecule is COc1nc(-c2cccc(-c3cccc(Nc4nccc5sc(CNCC(=O)O)nc45)c3Cl)c2C)c(Cl)cc1CNC[C@@H]1CCC(=O)N1. The van der Waals surface area contributed by atoms with Crippen molar-refractivity contribution in [1.29, 1.82) is 0 Å². The predicted octanol–water partition coefficient (Wildman–Crippen LogP) is 6.33. The van der Waals surface area contributed by atoms with Crippen molar-refractivity contribution < 1.29 is 19.4 Å². The molecule has 0 spiro atoms. The van der Waals surface area contributed by atoms with Crippen LogP contribution in [0.25, 0.3) is 32.6 Å². The van der Waals surface area contributed by atoms with E-state index in [-0.39, 0.29) is 18.5 Å².